The minimum absolute atomic E-state index is 0.393. The van der Waals surface area contributed by atoms with Crippen molar-refractivity contribution in [2.45, 2.75) is 52.5 Å². The molecule has 0 fully saturated rings. The standard InChI is InChI=1S/C14H26N2OS/c1-5-7-8-13(15-9-10-17-4)14-16-12(6-2)11(3)18-14/h13,15H,5-10H2,1-4H3. The monoisotopic (exact) mass is 270 g/mol. The van der Waals surface area contributed by atoms with E-state index in [2.05, 4.69) is 26.1 Å². The van der Waals surface area contributed by atoms with Crippen molar-refractivity contribution in [1.29, 1.82) is 0 Å². The molecule has 1 aromatic heterocycles. The quantitative estimate of drug-likeness (QED) is 0.698. The largest absolute Gasteiger partial charge is 0.383 e. The summed E-state index contributed by atoms with van der Waals surface area (Å²) in [6.45, 7) is 8.23. The zero-order chi connectivity index (χ0) is 13.4. The minimum atomic E-state index is 0.393. The summed E-state index contributed by atoms with van der Waals surface area (Å²) in [6.07, 6.45) is 4.66. The van der Waals surface area contributed by atoms with Crippen molar-refractivity contribution in [2.24, 2.45) is 0 Å². The van der Waals surface area contributed by atoms with Crippen molar-refractivity contribution in [1.82, 2.24) is 10.3 Å². The van der Waals surface area contributed by atoms with E-state index in [4.69, 9.17) is 9.72 Å². The summed E-state index contributed by atoms with van der Waals surface area (Å²) in [6, 6.07) is 0.393. The Balaban J connectivity index is 2.66. The van der Waals surface area contributed by atoms with Gasteiger partial charge in [-0.15, -0.1) is 11.3 Å². The first-order chi connectivity index (χ1) is 8.72. The van der Waals surface area contributed by atoms with Gasteiger partial charge >= 0.3 is 0 Å². The Morgan fingerprint density at radius 3 is 2.72 bits per heavy atom. The van der Waals surface area contributed by atoms with Gasteiger partial charge in [0.05, 0.1) is 18.3 Å². The third-order valence-corrected chi connectivity index (χ3v) is 4.21. The average Bonchev–Trinajstić information content (AvgIpc) is 2.75. The molecule has 0 bridgehead atoms. The third-order valence-electron chi connectivity index (χ3n) is 3.09. The highest BCUT2D eigenvalue weighted by atomic mass is 32.1. The van der Waals surface area contributed by atoms with E-state index in [1.807, 2.05) is 11.3 Å². The highest BCUT2D eigenvalue weighted by Gasteiger charge is 2.16. The van der Waals surface area contributed by atoms with Gasteiger partial charge < -0.3 is 10.1 Å². The Morgan fingerprint density at radius 2 is 2.17 bits per heavy atom. The van der Waals surface area contributed by atoms with E-state index in [0.717, 1.165) is 26.0 Å². The molecule has 0 aliphatic rings. The van der Waals surface area contributed by atoms with Gasteiger partial charge in [0, 0.05) is 18.5 Å². The second-order valence-electron chi connectivity index (χ2n) is 4.55. The van der Waals surface area contributed by atoms with Crippen LogP contribution in [0.15, 0.2) is 0 Å². The molecule has 1 aromatic rings. The molecular weight excluding hydrogens is 244 g/mol. The van der Waals surface area contributed by atoms with Gasteiger partial charge in [0.2, 0.25) is 0 Å². The fraction of sp³-hybridized carbons (Fsp3) is 0.786. The van der Waals surface area contributed by atoms with Crippen LogP contribution in [-0.4, -0.2) is 25.2 Å². The van der Waals surface area contributed by atoms with Crippen LogP contribution in [-0.2, 0) is 11.2 Å². The Bertz CT molecular complexity index is 339. The predicted molar refractivity (Wildman–Crippen MR) is 78.4 cm³/mol. The van der Waals surface area contributed by atoms with Crippen LogP contribution in [0.1, 0.15) is 54.7 Å². The van der Waals surface area contributed by atoms with Gasteiger partial charge in [0.15, 0.2) is 0 Å². The Labute approximate surface area is 115 Å². The lowest BCUT2D eigenvalue weighted by molar-refractivity contribution is 0.195. The summed E-state index contributed by atoms with van der Waals surface area (Å²) >= 11 is 1.84. The topological polar surface area (TPSA) is 34.1 Å². The van der Waals surface area contributed by atoms with Gasteiger partial charge in [-0.1, -0.05) is 26.7 Å². The van der Waals surface area contributed by atoms with Gasteiger partial charge in [0.1, 0.15) is 5.01 Å². The number of aryl methyl sites for hydroxylation is 2. The van der Waals surface area contributed by atoms with Crippen molar-refractivity contribution < 1.29 is 4.74 Å². The van der Waals surface area contributed by atoms with Crippen molar-refractivity contribution in [2.75, 3.05) is 20.3 Å². The van der Waals surface area contributed by atoms with Crippen molar-refractivity contribution in [3.63, 3.8) is 0 Å². The normalized spacial score (nSPS) is 12.9. The number of unbranched alkanes of at least 4 members (excludes halogenated alkanes) is 1. The van der Waals surface area contributed by atoms with Crippen molar-refractivity contribution >= 4 is 11.3 Å². The Kier molecular flexibility index (Phi) is 7.47. The molecule has 104 valence electrons. The van der Waals surface area contributed by atoms with Gasteiger partial charge in [-0.3, -0.25) is 0 Å². The Hall–Kier alpha value is -0.450. The first kappa shape index (κ1) is 15.6. The van der Waals surface area contributed by atoms with Crippen LogP contribution in [0, 0.1) is 6.92 Å². The van der Waals surface area contributed by atoms with Crippen LogP contribution in [0.3, 0.4) is 0 Å². The molecular formula is C14H26N2OS. The van der Waals surface area contributed by atoms with E-state index in [1.54, 1.807) is 7.11 Å². The van der Waals surface area contributed by atoms with E-state index in [-0.39, 0.29) is 0 Å². The summed E-state index contributed by atoms with van der Waals surface area (Å²) in [7, 11) is 1.74. The van der Waals surface area contributed by atoms with Crippen LogP contribution >= 0.6 is 11.3 Å². The summed E-state index contributed by atoms with van der Waals surface area (Å²) in [5.74, 6) is 0. The highest BCUT2D eigenvalue weighted by molar-refractivity contribution is 7.11. The van der Waals surface area contributed by atoms with Crippen LogP contribution in [0.25, 0.3) is 0 Å². The van der Waals surface area contributed by atoms with Gasteiger partial charge in [0.25, 0.3) is 0 Å². The zero-order valence-corrected chi connectivity index (χ0v) is 12.9. The van der Waals surface area contributed by atoms with E-state index >= 15 is 0 Å². The molecule has 4 heteroatoms. The second-order valence-corrected chi connectivity index (χ2v) is 5.79. The van der Waals surface area contributed by atoms with E-state index in [9.17, 15) is 0 Å². The highest BCUT2D eigenvalue weighted by Crippen LogP contribution is 2.26. The molecule has 0 radical (unpaired) electrons. The fourth-order valence-corrected chi connectivity index (χ4v) is 3.10. The summed E-state index contributed by atoms with van der Waals surface area (Å²) in [4.78, 5) is 6.14. The molecule has 0 amide bonds. The molecule has 18 heavy (non-hydrogen) atoms. The van der Waals surface area contributed by atoms with E-state index in [0.29, 0.717) is 6.04 Å². The second kappa shape index (κ2) is 8.62. The summed E-state index contributed by atoms with van der Waals surface area (Å²) in [5.41, 5.74) is 1.25. The molecule has 1 N–H and O–H groups in total. The fourth-order valence-electron chi connectivity index (χ4n) is 1.98. The molecule has 0 aliphatic heterocycles. The third kappa shape index (κ3) is 4.67. The van der Waals surface area contributed by atoms with Gasteiger partial charge in [-0.05, 0) is 19.8 Å². The maximum atomic E-state index is 5.10. The van der Waals surface area contributed by atoms with E-state index < -0.39 is 0 Å². The Morgan fingerprint density at radius 1 is 1.39 bits per heavy atom. The molecule has 0 aromatic carbocycles. The maximum Gasteiger partial charge on any atom is 0.110 e. The summed E-state index contributed by atoms with van der Waals surface area (Å²) < 4.78 is 5.10. The average molecular weight is 270 g/mol. The number of ether oxygens (including phenoxy) is 1. The number of hydrogen-bond acceptors (Lipinski definition) is 4. The smallest absolute Gasteiger partial charge is 0.110 e. The molecule has 1 atom stereocenters. The summed E-state index contributed by atoms with van der Waals surface area (Å²) in [5, 5.41) is 4.80. The number of rotatable bonds is 9. The number of thiazole rings is 1. The lowest BCUT2D eigenvalue weighted by Crippen LogP contribution is -2.25. The lowest BCUT2D eigenvalue weighted by atomic mass is 10.1. The van der Waals surface area contributed by atoms with Crippen LogP contribution in [0.5, 0.6) is 0 Å². The molecule has 0 spiro atoms. The maximum absolute atomic E-state index is 5.10. The minimum Gasteiger partial charge on any atom is -0.383 e. The SMILES string of the molecule is CCCCC(NCCOC)c1nc(CC)c(C)s1. The van der Waals surface area contributed by atoms with Crippen molar-refractivity contribution in [3.05, 3.63) is 15.6 Å². The molecule has 3 nitrogen and oxygen atoms in total. The van der Waals surface area contributed by atoms with Crippen LogP contribution < -0.4 is 5.32 Å². The van der Waals surface area contributed by atoms with Gasteiger partial charge in [-0.25, -0.2) is 4.98 Å². The zero-order valence-electron chi connectivity index (χ0n) is 12.1. The number of nitrogens with one attached hydrogen (secondary N) is 1. The number of nitrogens with zero attached hydrogens (tertiary/aromatic N) is 1. The van der Waals surface area contributed by atoms with E-state index in [1.165, 1.54) is 28.4 Å². The molecule has 1 rings (SSSR count). The number of methoxy groups -OCH3 is 1. The van der Waals surface area contributed by atoms with Gasteiger partial charge in [-0.2, -0.15) is 0 Å². The lowest BCUT2D eigenvalue weighted by Gasteiger charge is -2.15. The van der Waals surface area contributed by atoms with Crippen LogP contribution in [0.4, 0.5) is 0 Å². The number of hydrogen-bond donors (Lipinski definition) is 1. The first-order valence-corrected chi connectivity index (χ1v) is 7.73. The number of aromatic nitrogens is 1. The molecule has 0 aliphatic carbocycles. The molecule has 1 heterocycles. The first-order valence-electron chi connectivity index (χ1n) is 6.91. The molecule has 0 saturated carbocycles. The van der Waals surface area contributed by atoms with Crippen molar-refractivity contribution in [3.8, 4) is 0 Å². The van der Waals surface area contributed by atoms with Crippen LogP contribution in [0.2, 0.25) is 0 Å². The molecule has 1 unspecified atom stereocenters. The predicted octanol–water partition coefficient (Wildman–Crippen LogP) is 3.48. The molecule has 0 saturated heterocycles.